The third-order valence-corrected chi connectivity index (χ3v) is 1.64. The molecule has 1 rings (SSSR count). The minimum atomic E-state index is -2.58. The van der Waals surface area contributed by atoms with E-state index in [1.807, 2.05) is 13.8 Å². The van der Waals surface area contributed by atoms with Gasteiger partial charge in [0.25, 0.3) is 12.0 Å². The Labute approximate surface area is 85.3 Å². The van der Waals surface area contributed by atoms with E-state index in [0.29, 0.717) is 5.82 Å². The predicted molar refractivity (Wildman–Crippen MR) is 50.4 cm³/mol. The van der Waals surface area contributed by atoms with Gasteiger partial charge in [0.05, 0.1) is 6.07 Å². The van der Waals surface area contributed by atoms with Crippen LogP contribution in [0.15, 0.2) is 10.9 Å². The fraction of sp³-hybridized carbons (Fsp3) is 0.556. The van der Waals surface area contributed by atoms with Gasteiger partial charge in [0.15, 0.2) is 6.61 Å². The summed E-state index contributed by atoms with van der Waals surface area (Å²) in [6.07, 6.45) is -2.58. The average Bonchev–Trinajstić information content (AvgIpc) is 2.13. The molecule has 0 saturated carbocycles. The van der Waals surface area contributed by atoms with Crippen LogP contribution in [0.4, 0.5) is 8.78 Å². The third-order valence-electron chi connectivity index (χ3n) is 1.64. The highest BCUT2D eigenvalue weighted by atomic mass is 19.3. The van der Waals surface area contributed by atoms with Crippen molar-refractivity contribution in [2.24, 2.45) is 0 Å². The lowest BCUT2D eigenvalue weighted by atomic mass is 10.2. The Morgan fingerprint density at radius 3 is 2.73 bits per heavy atom. The summed E-state index contributed by atoms with van der Waals surface area (Å²) in [5, 5.41) is 0. The molecule has 1 aromatic rings. The van der Waals surface area contributed by atoms with Gasteiger partial charge in [-0.15, -0.1) is 0 Å². The number of alkyl halides is 2. The summed E-state index contributed by atoms with van der Waals surface area (Å²) in [5.74, 6) is 0.363. The second kappa shape index (κ2) is 4.86. The van der Waals surface area contributed by atoms with Crippen LogP contribution in [0.25, 0.3) is 0 Å². The third kappa shape index (κ3) is 3.65. The van der Waals surface area contributed by atoms with E-state index in [1.54, 1.807) is 0 Å². The summed E-state index contributed by atoms with van der Waals surface area (Å²) in [7, 11) is 0. The molecule has 15 heavy (non-hydrogen) atoms. The molecular weight excluding hydrogens is 206 g/mol. The van der Waals surface area contributed by atoms with E-state index >= 15 is 0 Å². The van der Waals surface area contributed by atoms with Gasteiger partial charge in [-0.05, 0) is 0 Å². The van der Waals surface area contributed by atoms with E-state index < -0.39 is 18.6 Å². The topological polar surface area (TPSA) is 55.0 Å². The minimum Gasteiger partial charge on any atom is -0.471 e. The minimum absolute atomic E-state index is 0.00722. The normalized spacial score (nSPS) is 11.1. The first-order valence-corrected chi connectivity index (χ1v) is 4.51. The molecule has 0 aromatic carbocycles. The molecule has 0 saturated heterocycles. The largest absolute Gasteiger partial charge is 0.471 e. The molecule has 1 N–H and O–H groups in total. The molecule has 84 valence electrons. The van der Waals surface area contributed by atoms with Crippen molar-refractivity contribution >= 4 is 0 Å². The second-order valence-electron chi connectivity index (χ2n) is 3.33. The van der Waals surface area contributed by atoms with E-state index in [-0.39, 0.29) is 11.8 Å². The Balaban J connectivity index is 2.84. The molecule has 0 bridgehead atoms. The molecule has 0 aliphatic heterocycles. The Morgan fingerprint density at radius 1 is 1.53 bits per heavy atom. The summed E-state index contributed by atoms with van der Waals surface area (Å²) in [5.41, 5.74) is -0.405. The van der Waals surface area contributed by atoms with Crippen molar-refractivity contribution < 1.29 is 13.5 Å². The molecular formula is C9H12F2N2O2. The number of hydrogen-bond acceptors (Lipinski definition) is 3. The Morgan fingerprint density at radius 2 is 2.20 bits per heavy atom. The highest BCUT2D eigenvalue weighted by molar-refractivity contribution is 5.10. The predicted octanol–water partition coefficient (Wildman–Crippen LogP) is 1.54. The van der Waals surface area contributed by atoms with Crippen molar-refractivity contribution in [2.75, 3.05) is 6.61 Å². The Bertz CT molecular complexity index is 377. The average molecular weight is 218 g/mol. The number of aromatic nitrogens is 2. The van der Waals surface area contributed by atoms with Gasteiger partial charge in [-0.25, -0.2) is 8.78 Å². The van der Waals surface area contributed by atoms with Gasteiger partial charge in [-0.3, -0.25) is 4.79 Å². The van der Waals surface area contributed by atoms with Crippen molar-refractivity contribution in [1.29, 1.82) is 0 Å². The maximum atomic E-state index is 11.8. The van der Waals surface area contributed by atoms with E-state index in [9.17, 15) is 13.6 Å². The van der Waals surface area contributed by atoms with Crippen LogP contribution in [0.3, 0.4) is 0 Å². The zero-order chi connectivity index (χ0) is 11.4. The van der Waals surface area contributed by atoms with Gasteiger partial charge < -0.3 is 9.72 Å². The van der Waals surface area contributed by atoms with Gasteiger partial charge in [0, 0.05) is 5.92 Å². The van der Waals surface area contributed by atoms with Crippen molar-refractivity contribution in [3.63, 3.8) is 0 Å². The maximum absolute atomic E-state index is 11.8. The van der Waals surface area contributed by atoms with E-state index in [0.717, 1.165) is 6.07 Å². The van der Waals surface area contributed by atoms with Crippen LogP contribution in [0.2, 0.25) is 0 Å². The summed E-state index contributed by atoms with van der Waals surface area (Å²) < 4.78 is 28.3. The second-order valence-corrected chi connectivity index (χ2v) is 3.33. The molecule has 1 aromatic heterocycles. The molecule has 0 unspecified atom stereocenters. The molecule has 6 heteroatoms. The van der Waals surface area contributed by atoms with Crippen molar-refractivity contribution in [2.45, 2.75) is 26.2 Å². The van der Waals surface area contributed by atoms with E-state index in [4.69, 9.17) is 0 Å². The first-order valence-electron chi connectivity index (χ1n) is 4.51. The summed E-state index contributed by atoms with van der Waals surface area (Å²) in [6, 6.07) is 1.05. The highest BCUT2D eigenvalue weighted by Crippen LogP contribution is 2.11. The summed E-state index contributed by atoms with van der Waals surface area (Å²) in [4.78, 5) is 17.5. The smallest absolute Gasteiger partial charge is 0.272 e. The number of nitrogens with one attached hydrogen (secondary N) is 1. The zero-order valence-corrected chi connectivity index (χ0v) is 8.46. The fourth-order valence-electron chi connectivity index (χ4n) is 0.949. The number of ether oxygens (including phenoxy) is 1. The number of halogens is 2. The first-order chi connectivity index (χ1) is 6.99. The fourth-order valence-corrected chi connectivity index (χ4v) is 0.949. The molecule has 4 nitrogen and oxygen atoms in total. The van der Waals surface area contributed by atoms with Gasteiger partial charge in [-0.2, -0.15) is 4.98 Å². The number of aromatic amines is 1. The van der Waals surface area contributed by atoms with Gasteiger partial charge in [0.1, 0.15) is 5.82 Å². The summed E-state index contributed by atoms with van der Waals surface area (Å²) >= 11 is 0. The van der Waals surface area contributed by atoms with Crippen LogP contribution < -0.4 is 10.3 Å². The zero-order valence-electron chi connectivity index (χ0n) is 8.46. The molecule has 1 heterocycles. The van der Waals surface area contributed by atoms with Crippen LogP contribution >= 0.6 is 0 Å². The monoisotopic (exact) mass is 218 g/mol. The molecule has 0 amide bonds. The maximum Gasteiger partial charge on any atom is 0.272 e. The van der Waals surface area contributed by atoms with Crippen LogP contribution in [-0.2, 0) is 0 Å². The molecule has 0 fully saturated rings. The van der Waals surface area contributed by atoms with Crippen LogP contribution in [0.5, 0.6) is 5.88 Å². The van der Waals surface area contributed by atoms with Crippen LogP contribution in [0.1, 0.15) is 25.6 Å². The van der Waals surface area contributed by atoms with E-state index in [2.05, 4.69) is 14.7 Å². The lowest BCUT2D eigenvalue weighted by Gasteiger charge is -2.07. The van der Waals surface area contributed by atoms with Gasteiger partial charge in [0.2, 0.25) is 5.88 Å². The molecule has 0 aliphatic rings. The number of nitrogens with zero attached hydrogens (tertiary/aromatic N) is 1. The van der Waals surface area contributed by atoms with Crippen LogP contribution in [-0.4, -0.2) is 23.0 Å². The molecule has 0 atom stereocenters. The SMILES string of the molecule is CC(C)c1nc(OCC(F)F)cc(=O)[nH]1. The van der Waals surface area contributed by atoms with Crippen LogP contribution in [0, 0.1) is 0 Å². The molecule has 0 radical (unpaired) electrons. The number of rotatable bonds is 4. The first kappa shape index (κ1) is 11.6. The standard InChI is InChI=1S/C9H12F2N2O2/c1-5(2)9-12-7(14)3-8(13-9)15-4-6(10)11/h3,5-6H,4H2,1-2H3,(H,12,13,14). The van der Waals surface area contributed by atoms with E-state index in [1.165, 1.54) is 0 Å². The van der Waals surface area contributed by atoms with Crippen molar-refractivity contribution in [3.8, 4) is 5.88 Å². The van der Waals surface area contributed by atoms with Crippen molar-refractivity contribution in [3.05, 3.63) is 22.2 Å². The molecule has 0 aliphatic carbocycles. The quantitative estimate of drug-likeness (QED) is 0.833. The number of H-pyrrole nitrogens is 1. The Kier molecular flexibility index (Phi) is 3.76. The summed E-state index contributed by atoms with van der Waals surface area (Å²) in [6.45, 7) is 2.90. The number of hydrogen-bond donors (Lipinski definition) is 1. The van der Waals surface area contributed by atoms with Crippen molar-refractivity contribution in [1.82, 2.24) is 9.97 Å². The van der Waals surface area contributed by atoms with Gasteiger partial charge in [-0.1, -0.05) is 13.8 Å². The van der Waals surface area contributed by atoms with Gasteiger partial charge >= 0.3 is 0 Å². The lowest BCUT2D eigenvalue weighted by molar-refractivity contribution is 0.0793. The molecule has 0 spiro atoms. The Hall–Kier alpha value is -1.46. The lowest BCUT2D eigenvalue weighted by Crippen LogP contribution is -2.15. The highest BCUT2D eigenvalue weighted by Gasteiger charge is 2.08.